The molecular weight excluding hydrogens is 587 g/mol. The summed E-state index contributed by atoms with van der Waals surface area (Å²) in [5.74, 6) is 0.102. The van der Waals surface area contributed by atoms with Crippen LogP contribution in [-0.2, 0) is 14.9 Å². The van der Waals surface area contributed by atoms with E-state index in [4.69, 9.17) is 8.92 Å². The van der Waals surface area contributed by atoms with Crippen LogP contribution in [0.1, 0.15) is 12.5 Å². The van der Waals surface area contributed by atoms with Crippen LogP contribution in [0.4, 0.5) is 5.69 Å². The van der Waals surface area contributed by atoms with Crippen molar-refractivity contribution in [2.45, 2.75) is 11.8 Å². The Morgan fingerprint density at radius 3 is 2.41 bits per heavy atom. The minimum atomic E-state index is -4.04. The molecular formula is C24H19IN2O5S2. The van der Waals surface area contributed by atoms with Crippen LogP contribution < -0.4 is 14.2 Å². The first kappa shape index (κ1) is 24.3. The zero-order valence-corrected chi connectivity index (χ0v) is 21.7. The fraction of sp³-hybridized carbons (Fsp3) is 0.0833. The van der Waals surface area contributed by atoms with Crippen LogP contribution in [0.25, 0.3) is 6.08 Å². The summed E-state index contributed by atoms with van der Waals surface area (Å²) in [6, 6.07) is 20.6. The second-order valence-electron chi connectivity index (χ2n) is 6.93. The third kappa shape index (κ3) is 5.80. The fourth-order valence-electron chi connectivity index (χ4n) is 3.01. The van der Waals surface area contributed by atoms with Crippen LogP contribution in [0.15, 0.2) is 87.6 Å². The van der Waals surface area contributed by atoms with Gasteiger partial charge in [-0.25, -0.2) is 4.99 Å². The Bertz CT molecular complexity index is 1380. The Balaban J connectivity index is 1.63. The Hall–Kier alpha value is -2.83. The van der Waals surface area contributed by atoms with Gasteiger partial charge < -0.3 is 14.2 Å². The molecule has 10 heteroatoms. The van der Waals surface area contributed by atoms with Gasteiger partial charge in [0.1, 0.15) is 4.90 Å². The van der Waals surface area contributed by atoms with Gasteiger partial charge in [-0.2, -0.15) is 8.42 Å². The highest BCUT2D eigenvalue weighted by Gasteiger charge is 2.25. The Morgan fingerprint density at radius 1 is 1.06 bits per heavy atom. The summed E-state index contributed by atoms with van der Waals surface area (Å²) in [6.07, 6.45) is 1.70. The first-order valence-electron chi connectivity index (χ1n) is 10.2. The van der Waals surface area contributed by atoms with E-state index in [1.165, 1.54) is 23.9 Å². The maximum atomic E-state index is 12.7. The second kappa shape index (κ2) is 10.6. The molecule has 0 atom stereocenters. The number of nitrogens with zero attached hydrogens (tertiary/aromatic N) is 1. The van der Waals surface area contributed by atoms with E-state index in [0.717, 1.165) is 5.69 Å². The molecule has 0 aliphatic carbocycles. The van der Waals surface area contributed by atoms with Crippen molar-refractivity contribution in [2.24, 2.45) is 4.99 Å². The lowest BCUT2D eigenvalue weighted by Crippen LogP contribution is -2.19. The van der Waals surface area contributed by atoms with E-state index in [1.807, 2.05) is 52.9 Å². The predicted octanol–water partition coefficient (Wildman–Crippen LogP) is 5.35. The largest absolute Gasteiger partial charge is 0.490 e. The van der Waals surface area contributed by atoms with E-state index in [9.17, 15) is 13.2 Å². The molecule has 174 valence electrons. The molecule has 1 saturated heterocycles. The number of amides is 1. The average Bonchev–Trinajstić information content (AvgIpc) is 3.16. The van der Waals surface area contributed by atoms with Gasteiger partial charge in [-0.1, -0.05) is 36.4 Å². The molecule has 0 saturated carbocycles. The highest BCUT2D eigenvalue weighted by molar-refractivity contribution is 14.1. The maximum Gasteiger partial charge on any atom is 0.339 e. The van der Waals surface area contributed by atoms with Crippen molar-refractivity contribution in [2.75, 3.05) is 6.61 Å². The average molecular weight is 606 g/mol. The topological polar surface area (TPSA) is 94.1 Å². The molecule has 0 unspecified atom stereocenters. The third-order valence-electron chi connectivity index (χ3n) is 4.49. The van der Waals surface area contributed by atoms with Crippen LogP contribution in [0.5, 0.6) is 11.5 Å². The number of aliphatic imine (C=N–C) groups is 1. The van der Waals surface area contributed by atoms with Crippen molar-refractivity contribution < 1.29 is 22.1 Å². The first-order valence-corrected chi connectivity index (χ1v) is 13.5. The number of thioether (sulfide) groups is 1. The van der Waals surface area contributed by atoms with Gasteiger partial charge in [0.25, 0.3) is 5.91 Å². The van der Waals surface area contributed by atoms with E-state index in [1.54, 1.807) is 43.3 Å². The molecule has 0 bridgehead atoms. The van der Waals surface area contributed by atoms with Crippen molar-refractivity contribution in [3.8, 4) is 11.5 Å². The number of benzene rings is 3. The predicted molar refractivity (Wildman–Crippen MR) is 142 cm³/mol. The molecule has 3 aromatic rings. The number of para-hydroxylation sites is 1. The summed E-state index contributed by atoms with van der Waals surface area (Å²) in [5.41, 5.74) is 1.40. The number of rotatable bonds is 7. The lowest BCUT2D eigenvalue weighted by molar-refractivity contribution is -0.115. The number of hydrogen-bond donors (Lipinski definition) is 1. The molecule has 34 heavy (non-hydrogen) atoms. The van der Waals surface area contributed by atoms with Gasteiger partial charge in [0, 0.05) is 0 Å². The molecule has 3 aromatic carbocycles. The van der Waals surface area contributed by atoms with Gasteiger partial charge in [0.15, 0.2) is 16.7 Å². The number of carbonyl (C=O) groups excluding carboxylic acids is 1. The molecule has 1 aliphatic heterocycles. The Labute approximate surface area is 215 Å². The van der Waals surface area contributed by atoms with E-state index in [0.29, 0.717) is 25.8 Å². The second-order valence-corrected chi connectivity index (χ2v) is 10.7. The maximum absolute atomic E-state index is 12.7. The van der Waals surface area contributed by atoms with Crippen LogP contribution >= 0.6 is 34.4 Å². The zero-order valence-electron chi connectivity index (χ0n) is 17.9. The number of halogens is 1. The Kier molecular flexibility index (Phi) is 7.59. The van der Waals surface area contributed by atoms with E-state index in [2.05, 4.69) is 10.3 Å². The van der Waals surface area contributed by atoms with Crippen molar-refractivity contribution in [3.05, 3.63) is 86.8 Å². The fourth-order valence-corrected chi connectivity index (χ4v) is 5.72. The molecule has 7 nitrogen and oxygen atoms in total. The Morgan fingerprint density at radius 2 is 1.74 bits per heavy atom. The lowest BCUT2D eigenvalue weighted by atomic mass is 10.2. The normalized spacial score (nSPS) is 16.0. The number of carbonyl (C=O) groups is 1. The van der Waals surface area contributed by atoms with E-state index >= 15 is 0 Å². The highest BCUT2D eigenvalue weighted by Crippen LogP contribution is 2.38. The molecule has 1 heterocycles. The van der Waals surface area contributed by atoms with Gasteiger partial charge in [-0.3, -0.25) is 4.79 Å². The summed E-state index contributed by atoms with van der Waals surface area (Å²) >= 11 is 3.22. The molecule has 0 spiro atoms. The molecule has 1 fully saturated rings. The van der Waals surface area contributed by atoms with Crippen molar-refractivity contribution in [1.29, 1.82) is 0 Å². The zero-order chi connectivity index (χ0) is 24.1. The SMILES string of the molecule is CCOc1cc(/C=C2\SC(=Nc3ccccc3)NC2=O)cc(I)c1OS(=O)(=O)c1ccccc1. The monoisotopic (exact) mass is 606 g/mol. The number of amidine groups is 1. The molecule has 0 radical (unpaired) electrons. The minimum Gasteiger partial charge on any atom is -0.490 e. The molecule has 1 amide bonds. The number of nitrogens with one attached hydrogen (secondary N) is 1. The van der Waals surface area contributed by atoms with Crippen LogP contribution in [0.2, 0.25) is 0 Å². The minimum absolute atomic E-state index is 0.0451. The van der Waals surface area contributed by atoms with Crippen molar-refractivity contribution >= 4 is 67.3 Å². The third-order valence-corrected chi connectivity index (χ3v) is 7.44. The molecule has 1 N–H and O–H groups in total. The van der Waals surface area contributed by atoms with Gasteiger partial charge in [0.2, 0.25) is 0 Å². The summed E-state index contributed by atoms with van der Waals surface area (Å²) in [5, 5.41) is 3.24. The van der Waals surface area contributed by atoms with Gasteiger partial charge >= 0.3 is 10.1 Å². The number of ether oxygens (including phenoxy) is 1. The first-order chi connectivity index (χ1) is 16.4. The van der Waals surface area contributed by atoms with Crippen LogP contribution in [0.3, 0.4) is 0 Å². The summed E-state index contributed by atoms with van der Waals surface area (Å²) < 4.78 is 37.1. The smallest absolute Gasteiger partial charge is 0.339 e. The quantitative estimate of drug-likeness (QED) is 0.222. The van der Waals surface area contributed by atoms with Gasteiger partial charge in [0.05, 0.1) is 20.8 Å². The summed E-state index contributed by atoms with van der Waals surface area (Å²) in [4.78, 5) is 17.4. The van der Waals surface area contributed by atoms with Crippen molar-refractivity contribution in [1.82, 2.24) is 5.32 Å². The highest BCUT2D eigenvalue weighted by atomic mass is 127. The van der Waals surface area contributed by atoms with E-state index < -0.39 is 10.1 Å². The standard InChI is InChI=1S/C24H19IN2O5S2/c1-2-31-20-14-16(13-19(25)22(20)32-34(29,30)18-11-7-4-8-12-18)15-21-23(28)27-24(33-21)26-17-9-5-3-6-10-17/h3-15H,2H2,1H3,(H,26,27,28)/b21-15-. The number of hydrogen-bond acceptors (Lipinski definition) is 7. The van der Waals surface area contributed by atoms with Crippen LogP contribution in [-0.4, -0.2) is 26.1 Å². The van der Waals surface area contributed by atoms with Gasteiger partial charge in [-0.15, -0.1) is 0 Å². The summed E-state index contributed by atoms with van der Waals surface area (Å²) in [7, 11) is -4.04. The summed E-state index contributed by atoms with van der Waals surface area (Å²) in [6.45, 7) is 2.10. The van der Waals surface area contributed by atoms with E-state index in [-0.39, 0.29) is 22.3 Å². The molecule has 1 aliphatic rings. The van der Waals surface area contributed by atoms with Gasteiger partial charge in [-0.05, 0) is 89.3 Å². The van der Waals surface area contributed by atoms with Crippen molar-refractivity contribution in [3.63, 3.8) is 0 Å². The molecule has 0 aromatic heterocycles. The molecule has 4 rings (SSSR count). The lowest BCUT2D eigenvalue weighted by Gasteiger charge is -2.14. The van der Waals surface area contributed by atoms with Crippen LogP contribution in [0, 0.1) is 3.57 Å².